The Morgan fingerprint density at radius 2 is 1.80 bits per heavy atom. The van der Waals surface area contributed by atoms with E-state index in [-0.39, 0.29) is 5.91 Å². The lowest BCUT2D eigenvalue weighted by molar-refractivity contribution is 0.0990. The molecular formula is C24H20ClN3O2. The van der Waals surface area contributed by atoms with Crippen molar-refractivity contribution in [3.63, 3.8) is 0 Å². The molecule has 0 bridgehead atoms. The Balaban J connectivity index is 1.69. The second kappa shape index (κ2) is 8.05. The van der Waals surface area contributed by atoms with Crippen LogP contribution in [0.4, 0.5) is 5.69 Å². The molecule has 5 nitrogen and oxygen atoms in total. The number of fused-ring (bicyclic) bond motifs is 1. The van der Waals surface area contributed by atoms with Gasteiger partial charge in [-0.05, 0) is 48.9 Å². The van der Waals surface area contributed by atoms with E-state index >= 15 is 0 Å². The zero-order chi connectivity index (χ0) is 21.3. The first-order chi connectivity index (χ1) is 14.4. The number of carbonyl (C=O) groups is 2. The molecule has 1 aromatic heterocycles. The van der Waals surface area contributed by atoms with Crippen LogP contribution in [0.25, 0.3) is 10.9 Å². The molecule has 0 spiro atoms. The number of nitrogens with zero attached hydrogens (tertiary/aromatic N) is 1. The van der Waals surface area contributed by atoms with E-state index in [2.05, 4.69) is 11.4 Å². The molecule has 1 heterocycles. The molecule has 2 amide bonds. The van der Waals surface area contributed by atoms with Crippen LogP contribution in [0.5, 0.6) is 0 Å². The molecule has 6 heteroatoms. The third kappa shape index (κ3) is 3.93. The number of primary amides is 1. The van der Waals surface area contributed by atoms with Gasteiger partial charge in [-0.15, -0.1) is 0 Å². The van der Waals surface area contributed by atoms with Crippen LogP contribution in [-0.2, 0) is 6.54 Å². The average Bonchev–Trinajstić information content (AvgIpc) is 3.06. The third-order valence-electron chi connectivity index (χ3n) is 4.95. The fourth-order valence-corrected chi connectivity index (χ4v) is 3.78. The van der Waals surface area contributed by atoms with Crippen LogP contribution in [-0.4, -0.2) is 16.4 Å². The van der Waals surface area contributed by atoms with Crippen molar-refractivity contribution in [2.24, 2.45) is 5.73 Å². The molecule has 0 saturated heterocycles. The first-order valence-corrected chi connectivity index (χ1v) is 9.84. The van der Waals surface area contributed by atoms with Crippen molar-refractivity contribution >= 4 is 40.0 Å². The van der Waals surface area contributed by atoms with Crippen LogP contribution in [0, 0.1) is 6.92 Å². The average molecular weight is 418 g/mol. The van der Waals surface area contributed by atoms with Crippen LogP contribution >= 0.6 is 11.6 Å². The summed E-state index contributed by atoms with van der Waals surface area (Å²) in [6.45, 7) is 2.55. The van der Waals surface area contributed by atoms with Crippen LogP contribution in [0.2, 0.25) is 5.02 Å². The van der Waals surface area contributed by atoms with Crippen molar-refractivity contribution in [2.75, 3.05) is 5.32 Å². The predicted octanol–water partition coefficient (Wildman–Crippen LogP) is 5.00. The van der Waals surface area contributed by atoms with Crippen molar-refractivity contribution in [3.05, 3.63) is 100 Å². The molecule has 0 aliphatic heterocycles. The first kappa shape index (κ1) is 19.7. The van der Waals surface area contributed by atoms with Crippen molar-refractivity contribution in [3.8, 4) is 0 Å². The number of nitrogens with two attached hydrogens (primary N) is 1. The molecule has 0 unspecified atom stereocenters. The number of rotatable bonds is 5. The lowest BCUT2D eigenvalue weighted by Gasteiger charge is -2.11. The van der Waals surface area contributed by atoms with E-state index in [1.54, 1.807) is 36.4 Å². The van der Waals surface area contributed by atoms with E-state index in [9.17, 15) is 9.59 Å². The molecule has 0 fully saturated rings. The Morgan fingerprint density at radius 1 is 1.00 bits per heavy atom. The zero-order valence-electron chi connectivity index (χ0n) is 16.4. The van der Waals surface area contributed by atoms with Gasteiger partial charge in [-0.2, -0.15) is 0 Å². The minimum atomic E-state index is -0.500. The van der Waals surface area contributed by atoms with Gasteiger partial charge in [0.25, 0.3) is 11.8 Å². The minimum Gasteiger partial charge on any atom is -0.364 e. The summed E-state index contributed by atoms with van der Waals surface area (Å²) in [7, 11) is 0. The third-order valence-corrected chi connectivity index (χ3v) is 5.28. The molecule has 30 heavy (non-hydrogen) atoms. The topological polar surface area (TPSA) is 77.1 Å². The molecule has 0 atom stereocenters. The van der Waals surface area contributed by atoms with E-state index < -0.39 is 5.91 Å². The number of aryl methyl sites for hydroxylation is 1. The number of nitrogens with one attached hydrogen (secondary N) is 1. The van der Waals surface area contributed by atoms with Gasteiger partial charge in [0.15, 0.2) is 0 Å². The smallest absolute Gasteiger partial charge is 0.265 e. The summed E-state index contributed by atoms with van der Waals surface area (Å²) in [5.74, 6) is -0.797. The highest BCUT2D eigenvalue weighted by molar-refractivity contribution is 6.34. The monoisotopic (exact) mass is 417 g/mol. The summed E-state index contributed by atoms with van der Waals surface area (Å²) in [5.41, 5.74) is 10.1. The molecule has 0 aliphatic carbocycles. The summed E-state index contributed by atoms with van der Waals surface area (Å²) < 4.78 is 1.89. The Kier molecular flexibility index (Phi) is 5.29. The summed E-state index contributed by atoms with van der Waals surface area (Å²) in [6, 6.07) is 22.2. The molecule has 0 saturated carbocycles. The van der Waals surface area contributed by atoms with Crippen molar-refractivity contribution < 1.29 is 9.59 Å². The lowest BCUT2D eigenvalue weighted by atomic mass is 10.1. The highest BCUT2D eigenvalue weighted by Crippen LogP contribution is 2.26. The van der Waals surface area contributed by atoms with E-state index in [0.29, 0.717) is 28.5 Å². The van der Waals surface area contributed by atoms with Gasteiger partial charge in [-0.25, -0.2) is 0 Å². The van der Waals surface area contributed by atoms with Crippen molar-refractivity contribution in [2.45, 2.75) is 13.5 Å². The van der Waals surface area contributed by atoms with Gasteiger partial charge in [-0.3, -0.25) is 9.59 Å². The highest BCUT2D eigenvalue weighted by atomic mass is 35.5. The zero-order valence-corrected chi connectivity index (χ0v) is 17.1. The Hall–Kier alpha value is -3.57. The summed E-state index contributed by atoms with van der Waals surface area (Å²) in [4.78, 5) is 24.6. The van der Waals surface area contributed by atoms with E-state index in [4.69, 9.17) is 17.3 Å². The molecule has 0 radical (unpaired) electrons. The number of benzene rings is 3. The maximum Gasteiger partial charge on any atom is 0.265 e. The summed E-state index contributed by atoms with van der Waals surface area (Å²) >= 11 is 6.11. The van der Waals surface area contributed by atoms with Crippen molar-refractivity contribution in [1.29, 1.82) is 0 Å². The highest BCUT2D eigenvalue weighted by Gasteiger charge is 2.15. The molecule has 4 rings (SSSR count). The van der Waals surface area contributed by atoms with Gasteiger partial charge in [0.05, 0.1) is 10.6 Å². The molecule has 3 N–H and O–H groups in total. The summed E-state index contributed by atoms with van der Waals surface area (Å²) in [5, 5.41) is 4.06. The lowest BCUT2D eigenvalue weighted by Crippen LogP contribution is -2.17. The minimum absolute atomic E-state index is 0.297. The van der Waals surface area contributed by atoms with Gasteiger partial charge in [0.1, 0.15) is 5.69 Å². The number of anilines is 1. The summed E-state index contributed by atoms with van der Waals surface area (Å²) in [6.07, 6.45) is 0. The maximum atomic E-state index is 12.5. The number of amides is 2. The second-order valence-electron chi connectivity index (χ2n) is 7.18. The van der Waals surface area contributed by atoms with Gasteiger partial charge in [0.2, 0.25) is 0 Å². The molecular weight excluding hydrogens is 398 g/mol. The van der Waals surface area contributed by atoms with Crippen molar-refractivity contribution in [1.82, 2.24) is 4.57 Å². The largest absolute Gasteiger partial charge is 0.364 e. The van der Waals surface area contributed by atoms with Gasteiger partial charge in [-0.1, -0.05) is 53.6 Å². The standard InChI is InChI=1S/C24H20ClN3O2/c1-15-5-4-6-16(11-15)14-28-21-10-9-18(12-17(21)13-22(28)23(26)29)27-24(30)19-7-2-3-8-20(19)25/h2-13H,14H2,1H3,(H2,26,29)(H,27,30). The van der Waals surface area contributed by atoms with E-state index in [0.717, 1.165) is 22.0 Å². The number of aromatic nitrogens is 1. The number of hydrogen-bond acceptors (Lipinski definition) is 2. The number of hydrogen-bond donors (Lipinski definition) is 2. The van der Waals surface area contributed by atoms with E-state index in [1.807, 2.05) is 41.8 Å². The normalized spacial score (nSPS) is 10.9. The Labute approximate surface area is 179 Å². The van der Waals surface area contributed by atoms with Gasteiger partial charge < -0.3 is 15.6 Å². The molecule has 3 aromatic carbocycles. The first-order valence-electron chi connectivity index (χ1n) is 9.47. The Bertz CT molecular complexity index is 1280. The van der Waals surface area contributed by atoms with E-state index in [1.165, 1.54) is 0 Å². The maximum absolute atomic E-state index is 12.5. The molecule has 4 aromatic rings. The second-order valence-corrected chi connectivity index (χ2v) is 7.58. The number of carbonyl (C=O) groups excluding carboxylic acids is 2. The van der Waals surface area contributed by atoms with Gasteiger partial charge >= 0.3 is 0 Å². The van der Waals surface area contributed by atoms with Gasteiger partial charge in [0, 0.05) is 23.1 Å². The fourth-order valence-electron chi connectivity index (χ4n) is 3.56. The number of halogens is 1. The van der Waals surface area contributed by atoms with Crippen LogP contribution < -0.4 is 11.1 Å². The van der Waals surface area contributed by atoms with Crippen LogP contribution in [0.3, 0.4) is 0 Å². The Morgan fingerprint density at radius 3 is 2.53 bits per heavy atom. The van der Waals surface area contributed by atoms with Crippen LogP contribution in [0.1, 0.15) is 32.0 Å². The predicted molar refractivity (Wildman–Crippen MR) is 120 cm³/mol. The quantitative estimate of drug-likeness (QED) is 0.479. The molecule has 150 valence electrons. The SMILES string of the molecule is Cc1cccc(Cn2c(C(N)=O)cc3cc(NC(=O)c4ccccc4Cl)ccc32)c1. The fraction of sp³-hybridized carbons (Fsp3) is 0.0833. The van der Waals surface area contributed by atoms with Crippen LogP contribution in [0.15, 0.2) is 72.8 Å². The molecule has 0 aliphatic rings.